The topological polar surface area (TPSA) is 49.4 Å². The third kappa shape index (κ3) is 2.39. The van der Waals surface area contributed by atoms with Crippen molar-refractivity contribution in [2.45, 2.75) is 51.7 Å². The lowest BCUT2D eigenvalue weighted by Gasteiger charge is -2.45. The zero-order valence-electron chi connectivity index (χ0n) is 11.6. The molecule has 2 amide bonds. The molecule has 1 N–H and O–H groups in total. The smallest absolute Gasteiger partial charge is 0.246 e. The van der Waals surface area contributed by atoms with Crippen molar-refractivity contribution in [3.05, 3.63) is 22.4 Å². The molecule has 0 spiro atoms. The van der Waals surface area contributed by atoms with Crippen molar-refractivity contribution < 1.29 is 9.59 Å². The van der Waals surface area contributed by atoms with Crippen molar-refractivity contribution in [3.63, 3.8) is 0 Å². The Labute approximate surface area is 117 Å². The van der Waals surface area contributed by atoms with Gasteiger partial charge in [-0.05, 0) is 31.2 Å². The van der Waals surface area contributed by atoms with Crippen molar-refractivity contribution in [2.75, 3.05) is 0 Å². The lowest BCUT2D eigenvalue weighted by molar-refractivity contribution is -0.157. The van der Waals surface area contributed by atoms with Crippen molar-refractivity contribution in [2.24, 2.45) is 0 Å². The van der Waals surface area contributed by atoms with Crippen LogP contribution in [0.5, 0.6) is 0 Å². The highest BCUT2D eigenvalue weighted by Crippen LogP contribution is 2.28. The van der Waals surface area contributed by atoms with E-state index in [0.29, 0.717) is 19.4 Å². The number of carbonyl (C=O) groups is 2. The molecule has 2 heterocycles. The standard InChI is InChI=1S/C14H20N2O2S/c1-4-11-12(17)16(9-10-7-6-8-19-10)14(3,5-2)13(18)15-11/h6-8,11H,4-5,9H2,1-3H3,(H,15,18). The van der Waals surface area contributed by atoms with E-state index >= 15 is 0 Å². The van der Waals surface area contributed by atoms with E-state index in [1.807, 2.05) is 38.3 Å². The minimum atomic E-state index is -0.743. The lowest BCUT2D eigenvalue weighted by Crippen LogP contribution is -2.68. The Bertz CT molecular complexity index is 472. The highest BCUT2D eigenvalue weighted by atomic mass is 32.1. The maximum atomic E-state index is 12.5. The van der Waals surface area contributed by atoms with E-state index in [4.69, 9.17) is 0 Å². The van der Waals surface area contributed by atoms with Gasteiger partial charge in [-0.2, -0.15) is 0 Å². The van der Waals surface area contributed by atoms with E-state index in [9.17, 15) is 9.59 Å². The minimum Gasteiger partial charge on any atom is -0.342 e. The molecule has 5 heteroatoms. The number of carbonyl (C=O) groups excluding carboxylic acids is 2. The highest BCUT2D eigenvalue weighted by molar-refractivity contribution is 7.09. The Morgan fingerprint density at radius 2 is 2.16 bits per heavy atom. The van der Waals surface area contributed by atoms with Crippen LogP contribution >= 0.6 is 11.3 Å². The van der Waals surface area contributed by atoms with E-state index in [1.54, 1.807) is 16.2 Å². The Balaban J connectivity index is 2.32. The van der Waals surface area contributed by atoms with Crippen LogP contribution in [0.3, 0.4) is 0 Å². The first-order chi connectivity index (χ1) is 9.02. The normalized spacial score (nSPS) is 27.5. The van der Waals surface area contributed by atoms with Crippen LogP contribution < -0.4 is 5.32 Å². The number of nitrogens with zero attached hydrogens (tertiary/aromatic N) is 1. The summed E-state index contributed by atoms with van der Waals surface area (Å²) in [6, 6.07) is 3.59. The van der Waals surface area contributed by atoms with Gasteiger partial charge in [-0.25, -0.2) is 0 Å². The van der Waals surface area contributed by atoms with Crippen molar-refractivity contribution in [3.8, 4) is 0 Å². The number of amides is 2. The Morgan fingerprint density at radius 3 is 2.68 bits per heavy atom. The minimum absolute atomic E-state index is 0.0276. The molecular weight excluding hydrogens is 260 g/mol. The summed E-state index contributed by atoms with van der Waals surface area (Å²) in [4.78, 5) is 27.7. The average molecular weight is 280 g/mol. The average Bonchev–Trinajstić information content (AvgIpc) is 2.92. The summed E-state index contributed by atoms with van der Waals surface area (Å²) in [5.41, 5.74) is -0.743. The molecule has 0 aromatic carbocycles. The van der Waals surface area contributed by atoms with Gasteiger partial charge in [0.2, 0.25) is 11.8 Å². The van der Waals surface area contributed by atoms with E-state index in [-0.39, 0.29) is 17.9 Å². The van der Waals surface area contributed by atoms with E-state index < -0.39 is 5.54 Å². The molecule has 19 heavy (non-hydrogen) atoms. The van der Waals surface area contributed by atoms with Gasteiger partial charge in [-0.3, -0.25) is 9.59 Å². The fourth-order valence-electron chi connectivity index (χ4n) is 2.37. The molecule has 2 rings (SSSR count). The SMILES string of the molecule is CCC1NC(=O)C(C)(CC)N(Cc2cccs2)C1=O. The maximum Gasteiger partial charge on any atom is 0.246 e. The molecule has 104 valence electrons. The van der Waals surface area contributed by atoms with Crippen molar-refractivity contribution in [1.29, 1.82) is 0 Å². The third-order valence-corrected chi connectivity index (χ3v) is 4.81. The first kappa shape index (κ1) is 14.1. The van der Waals surface area contributed by atoms with Gasteiger partial charge < -0.3 is 10.2 Å². The number of thiophene rings is 1. The summed E-state index contributed by atoms with van der Waals surface area (Å²) in [6.07, 6.45) is 1.25. The predicted octanol–water partition coefficient (Wildman–Crippen LogP) is 2.15. The fraction of sp³-hybridized carbons (Fsp3) is 0.571. The second kappa shape index (κ2) is 5.33. The summed E-state index contributed by atoms with van der Waals surface area (Å²) in [5, 5.41) is 4.83. The zero-order valence-corrected chi connectivity index (χ0v) is 12.4. The molecular formula is C14H20N2O2S. The number of rotatable bonds is 4. The van der Waals surface area contributed by atoms with Crippen LogP contribution in [0, 0.1) is 0 Å². The Kier molecular flexibility index (Phi) is 3.94. The molecule has 1 aliphatic rings. The molecule has 0 bridgehead atoms. The van der Waals surface area contributed by atoms with Crippen LogP contribution in [0.4, 0.5) is 0 Å². The molecule has 0 radical (unpaired) electrons. The Morgan fingerprint density at radius 1 is 1.42 bits per heavy atom. The van der Waals surface area contributed by atoms with Gasteiger partial charge in [-0.15, -0.1) is 11.3 Å². The van der Waals surface area contributed by atoms with E-state index in [2.05, 4.69) is 5.32 Å². The quantitative estimate of drug-likeness (QED) is 0.918. The molecule has 1 aromatic rings. The number of nitrogens with one attached hydrogen (secondary N) is 1. The molecule has 1 aromatic heterocycles. The fourth-order valence-corrected chi connectivity index (χ4v) is 3.06. The lowest BCUT2D eigenvalue weighted by atomic mass is 9.90. The summed E-state index contributed by atoms with van der Waals surface area (Å²) in [6.45, 7) is 6.23. The first-order valence-electron chi connectivity index (χ1n) is 6.67. The number of hydrogen-bond donors (Lipinski definition) is 1. The van der Waals surface area contributed by atoms with Crippen molar-refractivity contribution in [1.82, 2.24) is 10.2 Å². The summed E-state index contributed by atoms with van der Waals surface area (Å²) in [5.74, 6) is -0.0159. The molecule has 1 aliphatic heterocycles. The van der Waals surface area contributed by atoms with Crippen LogP contribution in [0.25, 0.3) is 0 Å². The van der Waals surface area contributed by atoms with Gasteiger partial charge in [-0.1, -0.05) is 19.9 Å². The van der Waals surface area contributed by atoms with Gasteiger partial charge in [0.25, 0.3) is 0 Å². The maximum absolute atomic E-state index is 12.5. The number of piperazine rings is 1. The van der Waals surface area contributed by atoms with Crippen LogP contribution in [0.15, 0.2) is 17.5 Å². The van der Waals surface area contributed by atoms with Gasteiger partial charge in [0.15, 0.2) is 0 Å². The highest BCUT2D eigenvalue weighted by Gasteiger charge is 2.47. The van der Waals surface area contributed by atoms with Crippen LogP contribution in [0.1, 0.15) is 38.5 Å². The monoisotopic (exact) mass is 280 g/mol. The molecule has 2 unspecified atom stereocenters. The second-order valence-electron chi connectivity index (χ2n) is 5.07. The molecule has 4 nitrogen and oxygen atoms in total. The Hall–Kier alpha value is -1.36. The van der Waals surface area contributed by atoms with Crippen LogP contribution in [-0.4, -0.2) is 28.3 Å². The zero-order chi connectivity index (χ0) is 14.0. The van der Waals surface area contributed by atoms with Gasteiger partial charge in [0, 0.05) is 4.88 Å². The summed E-state index contributed by atoms with van der Waals surface area (Å²) in [7, 11) is 0. The summed E-state index contributed by atoms with van der Waals surface area (Å²) < 4.78 is 0. The van der Waals surface area contributed by atoms with Gasteiger partial charge >= 0.3 is 0 Å². The first-order valence-corrected chi connectivity index (χ1v) is 7.55. The molecule has 1 fully saturated rings. The van der Waals surface area contributed by atoms with Crippen LogP contribution in [-0.2, 0) is 16.1 Å². The largest absolute Gasteiger partial charge is 0.342 e. The van der Waals surface area contributed by atoms with E-state index in [0.717, 1.165) is 4.88 Å². The molecule has 2 atom stereocenters. The van der Waals surface area contributed by atoms with Gasteiger partial charge in [0.1, 0.15) is 11.6 Å². The third-order valence-electron chi connectivity index (χ3n) is 3.95. The predicted molar refractivity (Wildman–Crippen MR) is 75.8 cm³/mol. The molecule has 1 saturated heterocycles. The second-order valence-corrected chi connectivity index (χ2v) is 6.10. The molecule has 0 saturated carbocycles. The number of hydrogen-bond acceptors (Lipinski definition) is 3. The van der Waals surface area contributed by atoms with E-state index in [1.165, 1.54) is 0 Å². The van der Waals surface area contributed by atoms with Crippen molar-refractivity contribution >= 4 is 23.2 Å². The molecule has 0 aliphatic carbocycles. The van der Waals surface area contributed by atoms with Crippen LogP contribution in [0.2, 0.25) is 0 Å². The van der Waals surface area contributed by atoms with Gasteiger partial charge in [0.05, 0.1) is 6.54 Å². The summed E-state index contributed by atoms with van der Waals surface area (Å²) >= 11 is 1.61.